The van der Waals surface area contributed by atoms with Gasteiger partial charge in [0.2, 0.25) is 5.91 Å². The third-order valence-corrected chi connectivity index (χ3v) is 3.86. The van der Waals surface area contributed by atoms with Crippen molar-refractivity contribution < 1.29 is 19.4 Å². The molecule has 6 nitrogen and oxygen atoms in total. The van der Waals surface area contributed by atoms with Crippen molar-refractivity contribution in [2.24, 2.45) is 0 Å². The van der Waals surface area contributed by atoms with E-state index in [9.17, 15) is 9.59 Å². The van der Waals surface area contributed by atoms with Crippen LogP contribution in [0.1, 0.15) is 6.42 Å². The van der Waals surface area contributed by atoms with E-state index < -0.39 is 5.97 Å². The van der Waals surface area contributed by atoms with Crippen molar-refractivity contribution in [3.8, 4) is 0 Å². The van der Waals surface area contributed by atoms with Crippen LogP contribution in [0.15, 0.2) is 0 Å². The molecule has 0 atom stereocenters. The summed E-state index contributed by atoms with van der Waals surface area (Å²) in [5, 5.41) is 8.76. The van der Waals surface area contributed by atoms with Gasteiger partial charge in [-0.1, -0.05) is 0 Å². The molecule has 0 aromatic rings. The van der Waals surface area contributed by atoms with Gasteiger partial charge in [0, 0.05) is 39.0 Å². The number of carboxylic acids is 1. The van der Waals surface area contributed by atoms with Gasteiger partial charge in [0.1, 0.15) is 0 Å². The summed E-state index contributed by atoms with van der Waals surface area (Å²) in [6.07, 6.45) is 0.835. The van der Waals surface area contributed by atoms with E-state index in [1.807, 2.05) is 9.80 Å². The second-order valence-electron chi connectivity index (χ2n) is 4.45. The van der Waals surface area contributed by atoms with Crippen molar-refractivity contribution in [3.63, 3.8) is 0 Å². The smallest absolute Gasteiger partial charge is 0.317 e. The van der Waals surface area contributed by atoms with Crippen LogP contribution in [0.2, 0.25) is 0 Å². The largest absolute Gasteiger partial charge is 0.480 e. The topological polar surface area (TPSA) is 70.1 Å². The zero-order valence-electron chi connectivity index (χ0n) is 11.3. The number of thioether (sulfide) groups is 1. The average molecular weight is 290 g/mol. The fourth-order valence-electron chi connectivity index (χ4n) is 1.96. The molecule has 1 aliphatic rings. The molecule has 1 heterocycles. The molecule has 110 valence electrons. The number of amides is 1. The molecule has 0 aromatic heterocycles. The maximum Gasteiger partial charge on any atom is 0.317 e. The number of hydrogen-bond donors (Lipinski definition) is 1. The van der Waals surface area contributed by atoms with E-state index in [1.54, 1.807) is 18.9 Å². The summed E-state index contributed by atoms with van der Waals surface area (Å²) < 4.78 is 4.93. The Morgan fingerprint density at radius 3 is 2.74 bits per heavy atom. The number of rotatable bonds is 7. The summed E-state index contributed by atoms with van der Waals surface area (Å²) in [5.74, 6) is 0.622. The molecule has 1 rings (SSSR count). The third kappa shape index (κ3) is 6.79. The van der Waals surface area contributed by atoms with Gasteiger partial charge in [-0.15, -0.1) is 11.8 Å². The van der Waals surface area contributed by atoms with Crippen LogP contribution in [-0.2, 0) is 14.3 Å². The van der Waals surface area contributed by atoms with Gasteiger partial charge in [0.15, 0.2) is 0 Å². The first kappa shape index (κ1) is 16.3. The second-order valence-corrected chi connectivity index (χ2v) is 5.55. The van der Waals surface area contributed by atoms with Crippen molar-refractivity contribution >= 4 is 23.6 Å². The number of carbonyl (C=O) groups is 2. The molecule has 0 aliphatic carbocycles. The van der Waals surface area contributed by atoms with Crippen molar-refractivity contribution in [2.45, 2.75) is 6.42 Å². The molecule has 1 aliphatic heterocycles. The van der Waals surface area contributed by atoms with Gasteiger partial charge in [0.25, 0.3) is 0 Å². The standard InChI is InChI=1S/C12H22N2O4S/c1-18-7-8-19-10-11(15)14-4-2-3-13(5-6-14)9-12(16)17/h2-10H2,1H3,(H,16,17). The van der Waals surface area contributed by atoms with Crippen LogP contribution in [0.3, 0.4) is 0 Å². The Bertz CT molecular complexity index is 301. The highest BCUT2D eigenvalue weighted by molar-refractivity contribution is 7.99. The maximum atomic E-state index is 12.0. The number of carboxylic acid groups (broad SMARTS) is 1. The molecule has 0 saturated carbocycles. The van der Waals surface area contributed by atoms with Crippen LogP contribution in [0, 0.1) is 0 Å². The molecule has 19 heavy (non-hydrogen) atoms. The predicted molar refractivity (Wildman–Crippen MR) is 74.5 cm³/mol. The zero-order chi connectivity index (χ0) is 14.1. The number of methoxy groups -OCH3 is 1. The average Bonchev–Trinajstić information content (AvgIpc) is 2.59. The zero-order valence-corrected chi connectivity index (χ0v) is 12.2. The Kier molecular flexibility index (Phi) is 7.85. The minimum atomic E-state index is -0.810. The number of aliphatic carboxylic acids is 1. The molecule has 1 amide bonds. The molecular weight excluding hydrogens is 268 g/mol. The Morgan fingerprint density at radius 1 is 1.26 bits per heavy atom. The van der Waals surface area contributed by atoms with Gasteiger partial charge in [-0.25, -0.2) is 0 Å². The van der Waals surface area contributed by atoms with Gasteiger partial charge in [-0.2, -0.15) is 0 Å². The van der Waals surface area contributed by atoms with E-state index in [4.69, 9.17) is 9.84 Å². The van der Waals surface area contributed by atoms with E-state index in [0.29, 0.717) is 25.4 Å². The highest BCUT2D eigenvalue weighted by atomic mass is 32.2. The summed E-state index contributed by atoms with van der Waals surface area (Å²) in [5.41, 5.74) is 0. The fourth-order valence-corrected chi connectivity index (χ4v) is 2.75. The lowest BCUT2D eigenvalue weighted by Crippen LogP contribution is -2.37. The third-order valence-electron chi connectivity index (χ3n) is 2.96. The summed E-state index contributed by atoms with van der Waals surface area (Å²) in [7, 11) is 1.65. The number of carbonyl (C=O) groups excluding carboxylic acids is 1. The summed E-state index contributed by atoms with van der Waals surface area (Å²) in [6, 6.07) is 0. The van der Waals surface area contributed by atoms with Crippen molar-refractivity contribution in [3.05, 3.63) is 0 Å². The Labute approximate surface area is 118 Å². The van der Waals surface area contributed by atoms with E-state index in [1.165, 1.54) is 0 Å². The fraction of sp³-hybridized carbons (Fsp3) is 0.833. The maximum absolute atomic E-state index is 12.0. The normalized spacial score (nSPS) is 17.2. The van der Waals surface area contributed by atoms with Crippen molar-refractivity contribution in [1.29, 1.82) is 0 Å². The summed E-state index contributed by atoms with van der Waals surface area (Å²) in [6.45, 7) is 3.44. The van der Waals surface area contributed by atoms with Crippen LogP contribution in [0.5, 0.6) is 0 Å². The van der Waals surface area contributed by atoms with Gasteiger partial charge >= 0.3 is 5.97 Å². The van der Waals surface area contributed by atoms with E-state index in [-0.39, 0.29) is 12.5 Å². The molecule has 1 saturated heterocycles. The summed E-state index contributed by atoms with van der Waals surface area (Å²) >= 11 is 1.57. The molecule has 0 spiro atoms. The quantitative estimate of drug-likeness (QED) is 0.665. The van der Waals surface area contributed by atoms with E-state index >= 15 is 0 Å². The first-order valence-corrected chi connectivity index (χ1v) is 7.57. The predicted octanol–water partition coefficient (Wildman–Crippen LogP) is -0.0151. The van der Waals surface area contributed by atoms with Gasteiger partial charge in [-0.05, 0) is 6.42 Å². The SMILES string of the molecule is COCCSCC(=O)N1CCCN(CC(=O)O)CC1. The summed E-state index contributed by atoms with van der Waals surface area (Å²) in [4.78, 5) is 26.4. The lowest BCUT2D eigenvalue weighted by molar-refractivity contribution is -0.138. The monoisotopic (exact) mass is 290 g/mol. The van der Waals surface area contributed by atoms with Crippen molar-refractivity contribution in [2.75, 3.05) is 57.9 Å². The van der Waals surface area contributed by atoms with Crippen LogP contribution in [-0.4, -0.2) is 84.7 Å². The Morgan fingerprint density at radius 2 is 2.05 bits per heavy atom. The first-order valence-electron chi connectivity index (χ1n) is 6.42. The first-order chi connectivity index (χ1) is 9.13. The van der Waals surface area contributed by atoms with Gasteiger partial charge in [-0.3, -0.25) is 14.5 Å². The lowest BCUT2D eigenvalue weighted by Gasteiger charge is -2.21. The van der Waals surface area contributed by atoms with Gasteiger partial charge in [0.05, 0.1) is 18.9 Å². The minimum Gasteiger partial charge on any atom is -0.480 e. The molecule has 0 aromatic carbocycles. The highest BCUT2D eigenvalue weighted by Gasteiger charge is 2.19. The highest BCUT2D eigenvalue weighted by Crippen LogP contribution is 2.07. The Balaban J connectivity index is 2.27. The van der Waals surface area contributed by atoms with Crippen molar-refractivity contribution in [1.82, 2.24) is 9.80 Å². The molecule has 0 radical (unpaired) electrons. The number of hydrogen-bond acceptors (Lipinski definition) is 5. The second kappa shape index (κ2) is 9.17. The molecule has 7 heteroatoms. The Hall–Kier alpha value is -0.790. The molecule has 1 fully saturated rings. The molecule has 1 N–H and O–H groups in total. The van der Waals surface area contributed by atoms with Gasteiger partial charge < -0.3 is 14.7 Å². The van der Waals surface area contributed by atoms with E-state index in [2.05, 4.69) is 0 Å². The molecular formula is C12H22N2O4S. The van der Waals surface area contributed by atoms with Crippen LogP contribution < -0.4 is 0 Å². The molecule has 0 bridgehead atoms. The van der Waals surface area contributed by atoms with E-state index in [0.717, 1.165) is 25.3 Å². The number of nitrogens with zero attached hydrogens (tertiary/aromatic N) is 2. The lowest BCUT2D eigenvalue weighted by atomic mass is 10.4. The van der Waals surface area contributed by atoms with Crippen LogP contribution in [0.25, 0.3) is 0 Å². The minimum absolute atomic E-state index is 0.0601. The van der Waals surface area contributed by atoms with Crippen LogP contribution in [0.4, 0.5) is 0 Å². The molecule has 0 unspecified atom stereocenters. The van der Waals surface area contributed by atoms with Crippen LogP contribution >= 0.6 is 11.8 Å². The number of ether oxygens (including phenoxy) is 1.